The van der Waals surface area contributed by atoms with E-state index in [4.69, 9.17) is 18.9 Å². The molecule has 176 valence electrons. The molecule has 35 heavy (non-hydrogen) atoms. The quantitative estimate of drug-likeness (QED) is 0.309. The molecule has 0 aromatic heterocycles. The molecule has 5 heteroatoms. The number of carbonyl (C=O) groups excluding carboxylic acids is 1. The summed E-state index contributed by atoms with van der Waals surface area (Å²) in [6.45, 7) is 2.10. The van der Waals surface area contributed by atoms with Crippen LogP contribution in [0.5, 0.6) is 17.2 Å². The van der Waals surface area contributed by atoms with Gasteiger partial charge in [0.2, 0.25) is 0 Å². The maximum absolute atomic E-state index is 12.9. The van der Waals surface area contributed by atoms with Crippen molar-refractivity contribution in [3.8, 4) is 17.2 Å². The van der Waals surface area contributed by atoms with Gasteiger partial charge in [-0.25, -0.2) is 4.79 Å². The number of benzene rings is 4. The first-order chi connectivity index (χ1) is 17.1. The van der Waals surface area contributed by atoms with Crippen LogP contribution in [0.3, 0.4) is 0 Å². The minimum Gasteiger partial charge on any atom is -0.497 e. The number of fused-ring (bicyclic) bond motifs is 3. The van der Waals surface area contributed by atoms with E-state index < -0.39 is 5.60 Å². The van der Waals surface area contributed by atoms with Gasteiger partial charge in [0.15, 0.2) is 5.60 Å². The highest BCUT2D eigenvalue weighted by Gasteiger charge is 2.39. The van der Waals surface area contributed by atoms with Crippen LogP contribution in [-0.2, 0) is 10.3 Å². The smallest absolute Gasteiger partial charge is 0.338 e. The fourth-order valence-electron chi connectivity index (χ4n) is 4.53. The lowest BCUT2D eigenvalue weighted by atomic mass is 9.82. The van der Waals surface area contributed by atoms with Crippen LogP contribution >= 0.6 is 0 Å². The SMILES string of the molecule is CCOC(=O)c1cc2ccccc2c2c1C=CC(c1ccc(OC)cc1)(c1ccc(OC)cc1)O2. The summed E-state index contributed by atoms with van der Waals surface area (Å²) in [6.07, 6.45) is 3.96. The van der Waals surface area contributed by atoms with Crippen molar-refractivity contribution in [1.29, 1.82) is 0 Å². The fourth-order valence-corrected chi connectivity index (χ4v) is 4.53. The molecule has 5 nitrogen and oxygen atoms in total. The van der Waals surface area contributed by atoms with Crippen molar-refractivity contribution in [3.05, 3.63) is 107 Å². The van der Waals surface area contributed by atoms with Crippen LogP contribution in [0.2, 0.25) is 0 Å². The van der Waals surface area contributed by atoms with Gasteiger partial charge in [-0.05, 0) is 54.8 Å². The van der Waals surface area contributed by atoms with E-state index in [1.807, 2.05) is 91.0 Å². The molecule has 0 bridgehead atoms. The summed E-state index contributed by atoms with van der Waals surface area (Å²) in [4.78, 5) is 12.9. The molecule has 1 aliphatic rings. The van der Waals surface area contributed by atoms with E-state index in [0.717, 1.165) is 33.4 Å². The second-order valence-corrected chi connectivity index (χ2v) is 8.24. The van der Waals surface area contributed by atoms with E-state index in [-0.39, 0.29) is 5.97 Å². The van der Waals surface area contributed by atoms with E-state index in [9.17, 15) is 4.79 Å². The molecule has 0 aliphatic carbocycles. The van der Waals surface area contributed by atoms with Gasteiger partial charge >= 0.3 is 5.97 Å². The van der Waals surface area contributed by atoms with Crippen LogP contribution in [0.1, 0.15) is 34.0 Å². The van der Waals surface area contributed by atoms with Gasteiger partial charge in [0.05, 0.1) is 26.4 Å². The van der Waals surface area contributed by atoms with Crippen LogP contribution < -0.4 is 14.2 Å². The Morgan fingerprint density at radius 1 is 0.857 bits per heavy atom. The molecule has 0 saturated heterocycles. The topological polar surface area (TPSA) is 54.0 Å². The Morgan fingerprint density at radius 3 is 2.03 bits per heavy atom. The van der Waals surface area contributed by atoms with E-state index in [2.05, 4.69) is 0 Å². The van der Waals surface area contributed by atoms with Gasteiger partial charge in [0.1, 0.15) is 17.2 Å². The molecule has 4 aromatic carbocycles. The number of carbonyl (C=O) groups is 1. The molecule has 0 saturated carbocycles. The maximum Gasteiger partial charge on any atom is 0.338 e. The average Bonchev–Trinajstić information content (AvgIpc) is 2.92. The summed E-state index contributed by atoms with van der Waals surface area (Å²) in [5.41, 5.74) is 2.11. The Balaban J connectivity index is 1.75. The highest BCUT2D eigenvalue weighted by atomic mass is 16.5. The Kier molecular flexibility index (Phi) is 5.91. The van der Waals surface area contributed by atoms with Gasteiger partial charge in [-0.15, -0.1) is 0 Å². The van der Waals surface area contributed by atoms with Crippen LogP contribution in [-0.4, -0.2) is 26.8 Å². The number of hydrogen-bond acceptors (Lipinski definition) is 5. The molecule has 0 amide bonds. The molecule has 0 spiro atoms. The molecule has 1 heterocycles. The van der Waals surface area contributed by atoms with E-state index >= 15 is 0 Å². The molecular formula is C30H26O5. The predicted octanol–water partition coefficient (Wildman–Crippen LogP) is 6.38. The highest BCUT2D eigenvalue weighted by molar-refractivity contribution is 6.04. The monoisotopic (exact) mass is 466 g/mol. The first-order valence-corrected chi connectivity index (χ1v) is 11.5. The maximum atomic E-state index is 12.9. The van der Waals surface area contributed by atoms with Gasteiger partial charge in [-0.2, -0.15) is 0 Å². The third-order valence-electron chi connectivity index (χ3n) is 6.32. The number of esters is 1. The Morgan fingerprint density at radius 2 is 1.46 bits per heavy atom. The third kappa shape index (κ3) is 3.89. The van der Waals surface area contributed by atoms with Crippen molar-refractivity contribution in [1.82, 2.24) is 0 Å². The Hall–Kier alpha value is -4.25. The lowest BCUT2D eigenvalue weighted by Crippen LogP contribution is -2.34. The molecule has 0 fully saturated rings. The van der Waals surface area contributed by atoms with Gasteiger partial charge in [-0.3, -0.25) is 0 Å². The first kappa shape index (κ1) is 22.5. The van der Waals surface area contributed by atoms with Gasteiger partial charge in [0, 0.05) is 22.1 Å². The molecule has 0 atom stereocenters. The fraction of sp³-hybridized carbons (Fsp3) is 0.167. The number of rotatable bonds is 6. The van der Waals surface area contributed by atoms with Gasteiger partial charge < -0.3 is 18.9 Å². The normalized spacial score (nSPS) is 13.6. The van der Waals surface area contributed by atoms with Crippen LogP contribution in [0.15, 0.2) is 84.9 Å². The zero-order valence-electron chi connectivity index (χ0n) is 19.9. The molecule has 0 N–H and O–H groups in total. The van der Waals surface area contributed by atoms with E-state index in [1.165, 1.54) is 0 Å². The van der Waals surface area contributed by atoms with Crippen LogP contribution in [0.25, 0.3) is 16.8 Å². The number of ether oxygens (including phenoxy) is 4. The van der Waals surface area contributed by atoms with Crippen molar-refractivity contribution in [2.24, 2.45) is 0 Å². The predicted molar refractivity (Wildman–Crippen MR) is 136 cm³/mol. The standard InChI is InChI=1S/C30H26O5/c1-4-34-29(31)27-19-20-7-5-6-8-25(20)28-26(27)17-18-30(35-28,21-9-13-23(32-2)14-10-21)22-11-15-24(33-3)16-12-22/h5-19H,4H2,1-3H3. The molecule has 5 rings (SSSR count). The van der Waals surface area contributed by atoms with Crippen molar-refractivity contribution < 1.29 is 23.7 Å². The molecule has 4 aromatic rings. The lowest BCUT2D eigenvalue weighted by molar-refractivity contribution is 0.0525. The first-order valence-electron chi connectivity index (χ1n) is 11.5. The van der Waals surface area contributed by atoms with E-state index in [1.54, 1.807) is 21.1 Å². The second kappa shape index (κ2) is 9.18. The van der Waals surface area contributed by atoms with Crippen molar-refractivity contribution >= 4 is 22.8 Å². The summed E-state index contributed by atoms with van der Waals surface area (Å²) >= 11 is 0. The zero-order chi connectivity index (χ0) is 24.4. The largest absolute Gasteiger partial charge is 0.497 e. The summed E-state index contributed by atoms with van der Waals surface area (Å²) in [6, 6.07) is 25.4. The Bertz CT molecular complexity index is 1350. The van der Waals surface area contributed by atoms with Crippen LogP contribution in [0.4, 0.5) is 0 Å². The molecule has 0 unspecified atom stereocenters. The van der Waals surface area contributed by atoms with Crippen molar-refractivity contribution in [3.63, 3.8) is 0 Å². The van der Waals surface area contributed by atoms with Gasteiger partial charge in [-0.1, -0.05) is 48.5 Å². The van der Waals surface area contributed by atoms with Crippen molar-refractivity contribution in [2.45, 2.75) is 12.5 Å². The van der Waals surface area contributed by atoms with Gasteiger partial charge in [0.25, 0.3) is 0 Å². The molecular weight excluding hydrogens is 440 g/mol. The van der Waals surface area contributed by atoms with Crippen molar-refractivity contribution in [2.75, 3.05) is 20.8 Å². The zero-order valence-corrected chi connectivity index (χ0v) is 19.9. The minimum atomic E-state index is -0.929. The summed E-state index contributed by atoms with van der Waals surface area (Å²) in [5, 5.41) is 1.83. The number of methoxy groups -OCH3 is 2. The molecule has 0 radical (unpaired) electrons. The molecule has 1 aliphatic heterocycles. The minimum absolute atomic E-state index is 0.298. The Labute approximate surface area is 204 Å². The summed E-state index contributed by atoms with van der Waals surface area (Å²) in [5.74, 6) is 1.78. The highest BCUT2D eigenvalue weighted by Crippen LogP contribution is 2.46. The van der Waals surface area contributed by atoms with E-state index in [0.29, 0.717) is 23.5 Å². The second-order valence-electron chi connectivity index (χ2n) is 8.24. The third-order valence-corrected chi connectivity index (χ3v) is 6.32. The average molecular weight is 467 g/mol. The van der Waals surface area contributed by atoms with Crippen LogP contribution in [0, 0.1) is 0 Å². The summed E-state index contributed by atoms with van der Waals surface area (Å²) in [7, 11) is 3.29. The number of hydrogen-bond donors (Lipinski definition) is 0. The lowest BCUT2D eigenvalue weighted by Gasteiger charge is -2.37. The summed E-state index contributed by atoms with van der Waals surface area (Å²) < 4.78 is 23.1.